The van der Waals surface area contributed by atoms with Crippen molar-refractivity contribution in [2.24, 2.45) is 21.8 Å². The van der Waals surface area contributed by atoms with Gasteiger partial charge in [0.2, 0.25) is 18.0 Å². The summed E-state index contributed by atoms with van der Waals surface area (Å²) < 4.78 is 35.8. The number of fused-ring (bicyclic) bond motifs is 5. The second-order valence-corrected chi connectivity index (χ2v) is 21.1. The average molecular weight is 1090 g/mol. The Morgan fingerprint density at radius 3 is 1.81 bits per heavy atom. The third kappa shape index (κ3) is 11.0. The number of nitrogens with one attached hydrogen (secondary N) is 2. The maximum Gasteiger partial charge on any atom is 0.407 e. The first-order valence-corrected chi connectivity index (χ1v) is 25.1. The lowest BCUT2D eigenvalue weighted by molar-refractivity contribution is -0.134. The summed E-state index contributed by atoms with van der Waals surface area (Å²) in [5.41, 5.74) is 8.49. The van der Waals surface area contributed by atoms with E-state index in [0.717, 1.165) is 80.9 Å². The summed E-state index contributed by atoms with van der Waals surface area (Å²) in [4.78, 5) is 67.9. The minimum Gasteiger partial charge on any atom is -0.464 e. The van der Waals surface area contributed by atoms with Gasteiger partial charge in [0.15, 0.2) is 0 Å². The van der Waals surface area contributed by atoms with Gasteiger partial charge in [-0.3, -0.25) is 24.1 Å². The summed E-state index contributed by atoms with van der Waals surface area (Å²) >= 11 is 1.78. The zero-order valence-electron chi connectivity index (χ0n) is 42.3. The molecule has 1 saturated carbocycles. The number of aromatic nitrogens is 1. The molecule has 4 amide bonds. The summed E-state index contributed by atoms with van der Waals surface area (Å²) in [6.45, 7) is 10.9. The van der Waals surface area contributed by atoms with E-state index in [1.165, 1.54) is 31.9 Å². The van der Waals surface area contributed by atoms with Gasteiger partial charge in [-0.1, -0.05) is 33.8 Å². The second-order valence-electron chi connectivity index (χ2n) is 19.9. The molecule has 1 unspecified atom stereocenters. The van der Waals surface area contributed by atoms with Crippen molar-refractivity contribution < 1.29 is 37.8 Å². The highest BCUT2D eigenvalue weighted by Gasteiger charge is 2.41. The first-order valence-electron chi connectivity index (χ1n) is 24.3. The molecule has 394 valence electrons. The fourth-order valence-electron chi connectivity index (χ4n) is 10.8. The van der Waals surface area contributed by atoms with Gasteiger partial charge in [-0.15, -0.1) is 11.3 Å². The Kier molecular flexibility index (Phi) is 18.3. The van der Waals surface area contributed by atoms with E-state index in [-0.39, 0.29) is 89.7 Å². The Balaban J connectivity index is 0.00000217. The Bertz CT molecular complexity index is 2910. The number of hydrogen-bond acceptors (Lipinski definition) is 10. The quantitative estimate of drug-likeness (QED) is 0.143. The molecule has 2 aromatic heterocycles. The van der Waals surface area contributed by atoms with Crippen LogP contribution in [0.4, 0.5) is 14.0 Å². The van der Waals surface area contributed by atoms with Gasteiger partial charge in [-0.05, 0) is 127 Å². The van der Waals surface area contributed by atoms with Crippen LogP contribution in [0.2, 0.25) is 0 Å². The van der Waals surface area contributed by atoms with E-state index in [1.54, 1.807) is 23.6 Å². The molecule has 5 aliphatic heterocycles. The number of aryl methyl sites for hydroxylation is 1. The van der Waals surface area contributed by atoms with E-state index in [4.69, 9.17) is 24.2 Å². The number of nitrogens with zero attached hydrogens (tertiary/aromatic N) is 5. The van der Waals surface area contributed by atoms with Crippen molar-refractivity contribution in [3.63, 3.8) is 0 Å². The van der Waals surface area contributed by atoms with E-state index in [2.05, 4.69) is 52.5 Å². The van der Waals surface area contributed by atoms with Gasteiger partial charge in [0.05, 0.1) is 48.0 Å². The molecule has 5 atom stereocenters. The fraction of sp³-hybridized carbons (Fsp3) is 0.472. The predicted octanol–water partition coefficient (Wildman–Crippen LogP) is 10.2. The minimum absolute atomic E-state index is 0. The number of halogens is 1. The molecule has 10 rings (SSSR count). The monoisotopic (exact) mass is 1090 g/mol. The van der Waals surface area contributed by atoms with Crippen LogP contribution >= 0.6 is 65.3 Å². The van der Waals surface area contributed by atoms with Gasteiger partial charge < -0.3 is 34.6 Å². The molecule has 1 aliphatic carbocycles. The van der Waals surface area contributed by atoms with Crippen LogP contribution in [0.15, 0.2) is 64.8 Å². The number of ether oxygens (including phenoxy) is 3. The highest BCUT2D eigenvalue weighted by Crippen LogP contribution is 2.51. The standard InChI is InChI=1S/C53H60FN7O7S.4H2S/c1-27(2)46(57-52(64)66-6)49(62)59-16-8-10-40(59)37-21-34(25-55-37)31-14-15-39-33(19-31)23-42-45-36(54)20-32(24-43(45)68-51(61(39)42)48-29(5)18-44(69-48)30-12-13-30)35-22-38(56-26-35)41-11-9-17-60(41)50(63)47(28(3)4)58-53(65)67-7;;;;/h14-15,18-20,23-28,30,40-41,46-47,51H,8-13,16-17,21-22H2,1-7H3,(H,57,64)(H,58,65);4*1H2/t40-,41-,46-,47-,51?;;;;/m0..../s1. The van der Waals surface area contributed by atoms with Crippen molar-refractivity contribution in [2.75, 3.05) is 27.3 Å². The number of amides is 4. The van der Waals surface area contributed by atoms with Crippen LogP contribution in [0.5, 0.6) is 5.75 Å². The molecule has 73 heavy (non-hydrogen) atoms. The summed E-state index contributed by atoms with van der Waals surface area (Å²) in [6.07, 6.45) is 8.45. The van der Waals surface area contributed by atoms with Gasteiger partial charge >= 0.3 is 12.2 Å². The molecule has 7 heterocycles. The van der Waals surface area contributed by atoms with E-state index in [1.807, 2.05) is 49.8 Å². The molecular weight excluding hydrogens is 1030 g/mol. The predicted molar refractivity (Wildman–Crippen MR) is 307 cm³/mol. The molecule has 4 aromatic rings. The van der Waals surface area contributed by atoms with Crippen molar-refractivity contribution in [1.29, 1.82) is 0 Å². The Hall–Kier alpha value is -4.89. The van der Waals surface area contributed by atoms with E-state index in [9.17, 15) is 19.2 Å². The first kappa shape index (κ1) is 57.4. The number of carbonyl (C=O) groups excluding carboxylic acids is 4. The van der Waals surface area contributed by atoms with Crippen molar-refractivity contribution in [2.45, 2.75) is 122 Å². The molecule has 6 aliphatic rings. The number of hydrogen-bond donors (Lipinski definition) is 2. The lowest BCUT2D eigenvalue weighted by atomic mass is 9.95. The molecule has 20 heteroatoms. The second kappa shape index (κ2) is 23.3. The van der Waals surface area contributed by atoms with Crippen molar-refractivity contribution in [3.8, 4) is 17.0 Å². The van der Waals surface area contributed by atoms with Crippen LogP contribution in [-0.2, 0) is 19.1 Å². The van der Waals surface area contributed by atoms with Crippen LogP contribution < -0.4 is 15.4 Å². The Labute approximate surface area is 458 Å². The normalized spacial score (nSPS) is 20.4. The summed E-state index contributed by atoms with van der Waals surface area (Å²) in [5, 5.41) is 6.39. The number of rotatable bonds is 12. The van der Waals surface area contributed by atoms with Crippen LogP contribution in [0.1, 0.15) is 118 Å². The first-order chi connectivity index (χ1) is 33.2. The summed E-state index contributed by atoms with van der Waals surface area (Å²) in [6, 6.07) is 12.3. The number of thiophene rings is 1. The van der Waals surface area contributed by atoms with Gasteiger partial charge in [-0.25, -0.2) is 14.0 Å². The van der Waals surface area contributed by atoms with Crippen molar-refractivity contribution in [3.05, 3.63) is 87.1 Å². The number of likely N-dealkylation sites (tertiary alicyclic amines) is 2. The summed E-state index contributed by atoms with van der Waals surface area (Å²) in [7, 11) is 2.58. The minimum atomic E-state index is -0.738. The average Bonchev–Trinajstić information content (AvgIpc) is 4.02. The molecule has 0 bridgehead atoms. The maximum atomic E-state index is 17.0. The van der Waals surface area contributed by atoms with E-state index in [0.29, 0.717) is 48.7 Å². The Morgan fingerprint density at radius 1 is 0.740 bits per heavy atom. The lowest BCUT2D eigenvalue weighted by Gasteiger charge is -2.31. The smallest absolute Gasteiger partial charge is 0.407 e. The largest absolute Gasteiger partial charge is 0.464 e. The Morgan fingerprint density at radius 2 is 1.29 bits per heavy atom. The topological polar surface area (TPSA) is 156 Å². The molecule has 2 aromatic carbocycles. The fourth-order valence-corrected chi connectivity index (χ4v) is 12.2. The van der Waals surface area contributed by atoms with Gasteiger partial charge in [0.25, 0.3) is 0 Å². The number of benzene rings is 2. The maximum absolute atomic E-state index is 17.0. The molecule has 2 N–H and O–H groups in total. The van der Waals surface area contributed by atoms with Crippen molar-refractivity contribution >= 4 is 123 Å². The van der Waals surface area contributed by atoms with Crippen LogP contribution in [0.3, 0.4) is 0 Å². The van der Waals surface area contributed by atoms with Gasteiger partial charge in [-0.2, -0.15) is 54.0 Å². The molecule has 0 spiro atoms. The third-order valence-electron chi connectivity index (χ3n) is 14.7. The van der Waals surface area contributed by atoms with Gasteiger partial charge in [0, 0.05) is 60.0 Å². The molecular formula is C53H68FN7O7S5. The number of methoxy groups -OCH3 is 2. The number of alkyl carbamates (subject to hydrolysis) is 2. The SMILES string of the molecule is COC(=O)N[C@H](C(=O)N1CCC[C@H]1C1=NC=C(c2cc(F)c3c(c2)OC(c2sc(C4CC4)cc2C)n2c-3cc3cc(C4=CN=C([C@@H]5CCCN5C(=O)[C@@H](NC(=O)OC)C(C)C)C4)ccc32)C1)C(C)C.S.S.S.S. The van der Waals surface area contributed by atoms with Crippen LogP contribution in [-0.4, -0.2) is 101 Å². The number of aliphatic imine (C=N–C) groups is 2. The van der Waals surface area contributed by atoms with E-state index >= 15 is 4.39 Å². The molecule has 0 radical (unpaired) electrons. The van der Waals surface area contributed by atoms with E-state index < -0.39 is 36.3 Å². The zero-order valence-corrected chi connectivity index (χ0v) is 47.1. The number of allylic oxidation sites excluding steroid dienone is 2. The van der Waals surface area contributed by atoms with Crippen LogP contribution in [0, 0.1) is 24.6 Å². The molecule has 2 saturated heterocycles. The number of carbonyl (C=O) groups is 4. The molecule has 3 fully saturated rings. The molecule has 14 nitrogen and oxygen atoms in total. The summed E-state index contributed by atoms with van der Waals surface area (Å²) in [5.74, 6) is 0.0436. The third-order valence-corrected chi connectivity index (χ3v) is 16.1. The van der Waals surface area contributed by atoms with Gasteiger partial charge in [0.1, 0.15) is 23.7 Å². The lowest BCUT2D eigenvalue weighted by Crippen LogP contribution is -2.53. The van der Waals surface area contributed by atoms with Crippen LogP contribution in [0.25, 0.3) is 33.3 Å². The zero-order chi connectivity index (χ0) is 48.4. The van der Waals surface area contributed by atoms with Crippen molar-refractivity contribution in [1.82, 2.24) is 25.0 Å². The highest BCUT2D eigenvalue weighted by molar-refractivity contribution is 7.59. The highest BCUT2D eigenvalue weighted by atomic mass is 32.1.